The topological polar surface area (TPSA) is 128 Å². The Morgan fingerprint density at radius 1 is 1.41 bits per heavy atom. The third-order valence-electron chi connectivity index (χ3n) is 2.30. The molecule has 0 saturated heterocycles. The molecule has 7 heteroatoms. The summed E-state index contributed by atoms with van der Waals surface area (Å²) in [6.45, 7) is 0. The Kier molecular flexibility index (Phi) is 4.27. The first-order valence-electron chi connectivity index (χ1n) is 4.97. The average Bonchev–Trinajstić information content (AvgIpc) is 2.96. The molecule has 0 aromatic heterocycles. The van der Waals surface area contributed by atoms with Crippen LogP contribution in [0.3, 0.4) is 0 Å². The number of guanidine groups is 1. The highest BCUT2D eigenvalue weighted by Gasteiger charge is 2.38. The van der Waals surface area contributed by atoms with Gasteiger partial charge in [-0.2, -0.15) is 0 Å². The van der Waals surface area contributed by atoms with Crippen molar-refractivity contribution in [2.75, 3.05) is 0 Å². The van der Waals surface area contributed by atoms with E-state index in [2.05, 4.69) is 17.1 Å². The van der Waals surface area contributed by atoms with Gasteiger partial charge in [-0.25, -0.2) is 4.99 Å². The summed E-state index contributed by atoms with van der Waals surface area (Å²) in [4.78, 5) is 12.5. The SMILES string of the molecule is NC(N)=N[C@@H]1C[C@H]1c1ccccc1.O=[N+]([O-])O. The predicted octanol–water partition coefficient (Wildman–Crippen LogP) is 0.468. The molecule has 1 saturated carbocycles. The second kappa shape index (κ2) is 5.69. The molecular weight excluding hydrogens is 224 g/mol. The molecule has 7 nitrogen and oxygen atoms in total. The first kappa shape index (κ1) is 12.8. The number of benzene rings is 1. The fraction of sp³-hybridized carbons (Fsp3) is 0.300. The number of aliphatic imine (C=N–C) groups is 1. The summed E-state index contributed by atoms with van der Waals surface area (Å²) >= 11 is 0. The fourth-order valence-electron chi connectivity index (χ4n) is 1.57. The van der Waals surface area contributed by atoms with E-state index in [1.165, 1.54) is 5.56 Å². The molecule has 1 aromatic rings. The van der Waals surface area contributed by atoms with Crippen LogP contribution in [0, 0.1) is 10.1 Å². The Balaban J connectivity index is 0.000000317. The maximum atomic E-state index is 8.36. The van der Waals surface area contributed by atoms with Crippen LogP contribution in [0.1, 0.15) is 17.9 Å². The standard InChI is InChI=1S/C10H13N3.HNO3/c11-10(12)13-9-6-8(9)7-4-2-1-3-5-7;2-1(3)4/h1-5,8-9H,6H2,(H4,11,12,13);(H,2,3,4)/t8-,9+;/m0./s1. The molecule has 17 heavy (non-hydrogen) atoms. The molecule has 0 aliphatic heterocycles. The number of rotatable bonds is 2. The van der Waals surface area contributed by atoms with Crippen molar-refractivity contribution in [3.8, 4) is 0 Å². The maximum Gasteiger partial charge on any atom is 0.291 e. The summed E-state index contributed by atoms with van der Waals surface area (Å²) < 4.78 is 0. The van der Waals surface area contributed by atoms with Gasteiger partial charge in [0.2, 0.25) is 0 Å². The third-order valence-corrected chi connectivity index (χ3v) is 2.30. The van der Waals surface area contributed by atoms with Crippen molar-refractivity contribution in [3.63, 3.8) is 0 Å². The largest absolute Gasteiger partial charge is 0.370 e. The van der Waals surface area contributed by atoms with Gasteiger partial charge in [-0.15, -0.1) is 10.1 Å². The van der Waals surface area contributed by atoms with Gasteiger partial charge in [-0.05, 0) is 12.0 Å². The van der Waals surface area contributed by atoms with Crippen molar-refractivity contribution in [1.29, 1.82) is 0 Å². The summed E-state index contributed by atoms with van der Waals surface area (Å²) in [7, 11) is 0. The van der Waals surface area contributed by atoms with Gasteiger partial charge in [0.25, 0.3) is 5.09 Å². The van der Waals surface area contributed by atoms with Crippen LogP contribution in [0.5, 0.6) is 0 Å². The van der Waals surface area contributed by atoms with E-state index in [9.17, 15) is 0 Å². The zero-order chi connectivity index (χ0) is 12.8. The normalized spacial score (nSPS) is 20.7. The van der Waals surface area contributed by atoms with Crippen LogP contribution in [0.2, 0.25) is 0 Å². The van der Waals surface area contributed by atoms with E-state index in [1.807, 2.05) is 18.2 Å². The lowest BCUT2D eigenvalue weighted by Gasteiger charge is -1.96. The van der Waals surface area contributed by atoms with Crippen LogP contribution in [0.15, 0.2) is 35.3 Å². The summed E-state index contributed by atoms with van der Waals surface area (Å²) in [5.41, 5.74) is 11.9. The van der Waals surface area contributed by atoms with E-state index in [0.717, 1.165) is 6.42 Å². The first-order valence-corrected chi connectivity index (χ1v) is 4.97. The summed E-state index contributed by atoms with van der Waals surface area (Å²) in [6, 6.07) is 10.6. The molecule has 1 aliphatic carbocycles. The van der Waals surface area contributed by atoms with E-state index in [1.54, 1.807) is 0 Å². The van der Waals surface area contributed by atoms with Crippen LogP contribution < -0.4 is 11.5 Å². The molecule has 1 aromatic carbocycles. The Hall–Kier alpha value is -2.31. The van der Waals surface area contributed by atoms with Gasteiger partial charge in [0.05, 0.1) is 6.04 Å². The summed E-state index contributed by atoms with van der Waals surface area (Å²) in [5, 5.41) is 13.6. The summed E-state index contributed by atoms with van der Waals surface area (Å²) in [6.07, 6.45) is 1.07. The van der Waals surface area contributed by atoms with E-state index in [0.29, 0.717) is 12.0 Å². The van der Waals surface area contributed by atoms with Crippen molar-refractivity contribution in [2.45, 2.75) is 18.4 Å². The smallest absolute Gasteiger partial charge is 0.291 e. The van der Waals surface area contributed by atoms with Crippen LogP contribution in [0.4, 0.5) is 0 Å². The molecule has 92 valence electrons. The number of nitrogens with zero attached hydrogens (tertiary/aromatic N) is 2. The van der Waals surface area contributed by atoms with Gasteiger partial charge in [-0.1, -0.05) is 30.3 Å². The molecular formula is C10H14N4O3. The second-order valence-corrected chi connectivity index (χ2v) is 3.61. The number of nitrogens with two attached hydrogens (primary N) is 2. The minimum atomic E-state index is -1.50. The van der Waals surface area contributed by atoms with Crippen molar-refractivity contribution >= 4 is 5.96 Å². The molecule has 0 heterocycles. The molecule has 2 atom stereocenters. The molecule has 0 spiro atoms. The molecule has 1 fully saturated rings. The lowest BCUT2D eigenvalue weighted by Crippen LogP contribution is -2.23. The highest BCUT2D eigenvalue weighted by Crippen LogP contribution is 2.43. The van der Waals surface area contributed by atoms with Gasteiger partial charge in [0.15, 0.2) is 5.96 Å². The molecule has 0 unspecified atom stereocenters. The highest BCUT2D eigenvalue weighted by atomic mass is 16.9. The van der Waals surface area contributed by atoms with Crippen LogP contribution >= 0.6 is 0 Å². The third kappa shape index (κ3) is 4.83. The first-order chi connectivity index (χ1) is 8.00. The average molecular weight is 238 g/mol. The Bertz CT molecular complexity index is 399. The van der Waals surface area contributed by atoms with E-state index in [4.69, 9.17) is 26.8 Å². The molecule has 0 amide bonds. The van der Waals surface area contributed by atoms with Crippen molar-refractivity contribution in [2.24, 2.45) is 16.5 Å². The van der Waals surface area contributed by atoms with E-state index >= 15 is 0 Å². The second-order valence-electron chi connectivity index (χ2n) is 3.61. The minimum absolute atomic E-state index is 0.198. The number of hydrogen-bond acceptors (Lipinski definition) is 3. The van der Waals surface area contributed by atoms with Gasteiger partial charge in [-0.3, -0.25) is 0 Å². The lowest BCUT2D eigenvalue weighted by atomic mass is 10.1. The fourth-order valence-corrected chi connectivity index (χ4v) is 1.57. The lowest BCUT2D eigenvalue weighted by molar-refractivity contribution is -0.742. The Morgan fingerprint density at radius 3 is 2.41 bits per heavy atom. The van der Waals surface area contributed by atoms with Gasteiger partial charge in [0, 0.05) is 5.92 Å². The zero-order valence-electron chi connectivity index (χ0n) is 9.06. The molecule has 0 radical (unpaired) electrons. The van der Waals surface area contributed by atoms with Gasteiger partial charge < -0.3 is 16.7 Å². The quantitative estimate of drug-likeness (QED) is 0.298. The molecule has 1 aliphatic rings. The number of hydrogen-bond donors (Lipinski definition) is 3. The van der Waals surface area contributed by atoms with Crippen molar-refractivity contribution < 1.29 is 10.3 Å². The van der Waals surface area contributed by atoms with Crippen molar-refractivity contribution in [1.82, 2.24) is 0 Å². The molecule has 2 rings (SSSR count). The molecule has 0 bridgehead atoms. The minimum Gasteiger partial charge on any atom is -0.370 e. The molecule has 5 N–H and O–H groups in total. The van der Waals surface area contributed by atoms with Gasteiger partial charge >= 0.3 is 0 Å². The monoisotopic (exact) mass is 238 g/mol. The van der Waals surface area contributed by atoms with Gasteiger partial charge in [0.1, 0.15) is 0 Å². The van der Waals surface area contributed by atoms with E-state index in [-0.39, 0.29) is 5.96 Å². The van der Waals surface area contributed by atoms with Crippen LogP contribution in [-0.4, -0.2) is 22.3 Å². The van der Waals surface area contributed by atoms with Crippen LogP contribution in [-0.2, 0) is 0 Å². The highest BCUT2D eigenvalue weighted by molar-refractivity contribution is 5.76. The Morgan fingerprint density at radius 2 is 1.94 bits per heavy atom. The Labute approximate surface area is 97.9 Å². The predicted molar refractivity (Wildman–Crippen MR) is 62.2 cm³/mol. The van der Waals surface area contributed by atoms with E-state index < -0.39 is 5.09 Å². The van der Waals surface area contributed by atoms with Crippen molar-refractivity contribution in [3.05, 3.63) is 46.0 Å². The summed E-state index contributed by atoms with van der Waals surface area (Å²) in [5.74, 6) is 0.728. The zero-order valence-corrected chi connectivity index (χ0v) is 9.06. The van der Waals surface area contributed by atoms with Crippen LogP contribution in [0.25, 0.3) is 0 Å². The maximum absolute atomic E-state index is 8.36.